The second-order valence-electron chi connectivity index (χ2n) is 4.96. The third kappa shape index (κ3) is 2.81. The number of hydrogen-bond donors (Lipinski definition) is 1. The first-order chi connectivity index (χ1) is 7.22. The fourth-order valence-corrected chi connectivity index (χ4v) is 1.77. The van der Waals surface area contributed by atoms with Crippen LogP contribution in [0.25, 0.3) is 0 Å². The van der Waals surface area contributed by atoms with E-state index < -0.39 is 29.4 Å². The van der Waals surface area contributed by atoms with Crippen LogP contribution in [0.1, 0.15) is 33.6 Å². The van der Waals surface area contributed by atoms with Gasteiger partial charge in [0.25, 0.3) is 0 Å². The first-order valence-corrected chi connectivity index (χ1v) is 5.21. The maximum absolute atomic E-state index is 11.7. The number of esters is 1. The van der Waals surface area contributed by atoms with Crippen molar-refractivity contribution in [2.45, 2.75) is 39.2 Å². The van der Waals surface area contributed by atoms with Gasteiger partial charge >= 0.3 is 11.9 Å². The molecular formula is C11H16O5. The molecule has 2 atom stereocenters. The minimum atomic E-state index is -1.13. The Labute approximate surface area is 93.8 Å². The minimum Gasteiger partial charge on any atom is -0.481 e. The number of ether oxygens (including phenoxy) is 1. The van der Waals surface area contributed by atoms with E-state index in [9.17, 15) is 14.4 Å². The van der Waals surface area contributed by atoms with Gasteiger partial charge < -0.3 is 9.84 Å². The SMILES string of the molecule is CC(C)(C)OC(=O)[C@@H]1C(=O)CC[C@H]1C(=O)O. The molecule has 0 radical (unpaired) electrons. The summed E-state index contributed by atoms with van der Waals surface area (Å²) >= 11 is 0. The summed E-state index contributed by atoms with van der Waals surface area (Å²) < 4.78 is 5.05. The topological polar surface area (TPSA) is 80.7 Å². The van der Waals surface area contributed by atoms with Crippen molar-refractivity contribution in [3.63, 3.8) is 0 Å². The molecule has 0 bridgehead atoms. The summed E-state index contributed by atoms with van der Waals surface area (Å²) in [6.45, 7) is 5.04. The Bertz CT molecular complexity index is 326. The fraction of sp³-hybridized carbons (Fsp3) is 0.727. The zero-order valence-electron chi connectivity index (χ0n) is 9.65. The Morgan fingerprint density at radius 1 is 1.38 bits per heavy atom. The largest absolute Gasteiger partial charge is 0.481 e. The smallest absolute Gasteiger partial charge is 0.317 e. The Morgan fingerprint density at radius 2 is 1.94 bits per heavy atom. The lowest BCUT2D eigenvalue weighted by molar-refractivity contribution is -0.166. The molecule has 16 heavy (non-hydrogen) atoms. The van der Waals surface area contributed by atoms with E-state index in [1.54, 1.807) is 20.8 Å². The molecule has 90 valence electrons. The van der Waals surface area contributed by atoms with Crippen molar-refractivity contribution in [1.29, 1.82) is 0 Å². The summed E-state index contributed by atoms with van der Waals surface area (Å²) in [5.74, 6) is -4.22. The van der Waals surface area contributed by atoms with Crippen molar-refractivity contribution >= 4 is 17.7 Å². The molecule has 0 heterocycles. The Hall–Kier alpha value is -1.39. The first-order valence-electron chi connectivity index (χ1n) is 5.21. The van der Waals surface area contributed by atoms with E-state index in [-0.39, 0.29) is 18.6 Å². The average Bonchev–Trinajstić information content (AvgIpc) is 2.43. The molecule has 1 rings (SSSR count). The lowest BCUT2D eigenvalue weighted by Crippen LogP contribution is -2.35. The van der Waals surface area contributed by atoms with E-state index in [4.69, 9.17) is 9.84 Å². The number of aliphatic carboxylic acids is 1. The molecule has 0 saturated heterocycles. The number of carbonyl (C=O) groups is 3. The number of ketones is 1. The van der Waals surface area contributed by atoms with Crippen LogP contribution in [0, 0.1) is 11.8 Å². The van der Waals surface area contributed by atoms with Gasteiger partial charge in [-0.05, 0) is 27.2 Å². The minimum absolute atomic E-state index is 0.140. The molecule has 1 aliphatic rings. The standard InChI is InChI=1S/C11H16O5/c1-11(2,3)16-10(15)8-6(9(13)14)4-5-7(8)12/h6,8H,4-5H2,1-3H3,(H,13,14)/t6-,8+/m1/s1. The number of Topliss-reactive ketones (excluding diaryl/α,β-unsaturated/α-hetero) is 1. The fourth-order valence-electron chi connectivity index (χ4n) is 1.77. The van der Waals surface area contributed by atoms with Crippen LogP contribution >= 0.6 is 0 Å². The van der Waals surface area contributed by atoms with Gasteiger partial charge in [-0.2, -0.15) is 0 Å². The van der Waals surface area contributed by atoms with Crippen molar-refractivity contribution in [3.05, 3.63) is 0 Å². The van der Waals surface area contributed by atoms with Gasteiger partial charge in [-0.15, -0.1) is 0 Å². The maximum Gasteiger partial charge on any atom is 0.317 e. The van der Waals surface area contributed by atoms with Crippen molar-refractivity contribution in [1.82, 2.24) is 0 Å². The van der Waals surface area contributed by atoms with Gasteiger partial charge in [-0.3, -0.25) is 14.4 Å². The number of carboxylic acid groups (broad SMARTS) is 1. The van der Waals surface area contributed by atoms with Crippen molar-refractivity contribution in [2.75, 3.05) is 0 Å². The number of rotatable bonds is 2. The summed E-state index contributed by atoms with van der Waals surface area (Å²) in [5, 5.41) is 8.89. The number of carbonyl (C=O) groups excluding carboxylic acids is 2. The molecule has 1 fully saturated rings. The van der Waals surface area contributed by atoms with E-state index in [1.807, 2.05) is 0 Å². The maximum atomic E-state index is 11.7. The van der Waals surface area contributed by atoms with Gasteiger partial charge in [0, 0.05) is 6.42 Å². The molecular weight excluding hydrogens is 212 g/mol. The highest BCUT2D eigenvalue weighted by atomic mass is 16.6. The molecule has 0 aliphatic heterocycles. The summed E-state index contributed by atoms with van der Waals surface area (Å²) in [5.41, 5.74) is -0.705. The third-order valence-corrected chi connectivity index (χ3v) is 2.43. The van der Waals surface area contributed by atoms with Crippen LogP contribution in [0.15, 0.2) is 0 Å². The van der Waals surface area contributed by atoms with Gasteiger partial charge in [-0.1, -0.05) is 0 Å². The molecule has 1 saturated carbocycles. The summed E-state index contributed by atoms with van der Waals surface area (Å²) in [4.78, 5) is 34.0. The highest BCUT2D eigenvalue weighted by molar-refractivity contribution is 6.04. The van der Waals surface area contributed by atoms with Crippen LogP contribution in [0.5, 0.6) is 0 Å². The van der Waals surface area contributed by atoms with Crippen LogP contribution in [0.3, 0.4) is 0 Å². The van der Waals surface area contributed by atoms with Crippen molar-refractivity contribution < 1.29 is 24.2 Å². The Balaban J connectivity index is 2.80. The molecule has 0 aromatic rings. The molecule has 0 aromatic heterocycles. The lowest BCUT2D eigenvalue weighted by Gasteiger charge is -2.22. The predicted octanol–water partition coefficient (Wildman–Crippen LogP) is 1.01. The molecule has 0 unspecified atom stereocenters. The van der Waals surface area contributed by atoms with E-state index in [0.29, 0.717) is 0 Å². The van der Waals surface area contributed by atoms with E-state index in [1.165, 1.54) is 0 Å². The first kappa shape index (κ1) is 12.7. The molecule has 1 aliphatic carbocycles. The Kier molecular flexibility index (Phi) is 3.35. The van der Waals surface area contributed by atoms with E-state index in [0.717, 1.165) is 0 Å². The lowest BCUT2D eigenvalue weighted by atomic mass is 9.95. The Morgan fingerprint density at radius 3 is 2.38 bits per heavy atom. The molecule has 5 heteroatoms. The van der Waals surface area contributed by atoms with Crippen LogP contribution in [-0.2, 0) is 19.1 Å². The second-order valence-corrected chi connectivity index (χ2v) is 4.96. The molecule has 0 spiro atoms. The van der Waals surface area contributed by atoms with Gasteiger partial charge in [0.15, 0.2) is 0 Å². The van der Waals surface area contributed by atoms with Crippen LogP contribution in [0.2, 0.25) is 0 Å². The van der Waals surface area contributed by atoms with E-state index in [2.05, 4.69) is 0 Å². The third-order valence-electron chi connectivity index (χ3n) is 2.43. The predicted molar refractivity (Wildman–Crippen MR) is 54.7 cm³/mol. The van der Waals surface area contributed by atoms with Gasteiger partial charge in [0.05, 0.1) is 5.92 Å². The quantitative estimate of drug-likeness (QED) is 0.563. The zero-order valence-corrected chi connectivity index (χ0v) is 9.65. The van der Waals surface area contributed by atoms with Crippen LogP contribution in [-0.4, -0.2) is 28.4 Å². The second kappa shape index (κ2) is 4.23. The summed E-state index contributed by atoms with van der Waals surface area (Å²) in [6.07, 6.45) is 0.360. The van der Waals surface area contributed by atoms with Crippen LogP contribution < -0.4 is 0 Å². The van der Waals surface area contributed by atoms with E-state index >= 15 is 0 Å². The highest BCUT2D eigenvalue weighted by Crippen LogP contribution is 2.31. The van der Waals surface area contributed by atoms with Gasteiger partial charge in [-0.25, -0.2) is 0 Å². The number of carboxylic acids is 1. The van der Waals surface area contributed by atoms with Gasteiger partial charge in [0.1, 0.15) is 17.3 Å². The zero-order chi connectivity index (χ0) is 12.5. The van der Waals surface area contributed by atoms with Crippen molar-refractivity contribution in [2.24, 2.45) is 11.8 Å². The molecule has 0 aromatic carbocycles. The number of hydrogen-bond acceptors (Lipinski definition) is 4. The molecule has 0 amide bonds. The monoisotopic (exact) mass is 228 g/mol. The average molecular weight is 228 g/mol. The summed E-state index contributed by atoms with van der Waals surface area (Å²) in [6, 6.07) is 0. The molecule has 1 N–H and O–H groups in total. The normalized spacial score (nSPS) is 25.6. The van der Waals surface area contributed by atoms with Crippen molar-refractivity contribution in [3.8, 4) is 0 Å². The molecule has 5 nitrogen and oxygen atoms in total. The highest BCUT2D eigenvalue weighted by Gasteiger charge is 2.45. The van der Waals surface area contributed by atoms with Crippen LogP contribution in [0.4, 0.5) is 0 Å². The summed E-state index contributed by atoms with van der Waals surface area (Å²) in [7, 11) is 0. The van der Waals surface area contributed by atoms with Gasteiger partial charge in [0.2, 0.25) is 0 Å².